The van der Waals surface area contributed by atoms with E-state index in [0.29, 0.717) is 6.54 Å². The lowest BCUT2D eigenvalue weighted by Gasteiger charge is -2.33. The van der Waals surface area contributed by atoms with Gasteiger partial charge in [0.15, 0.2) is 5.96 Å². The third-order valence-electron chi connectivity index (χ3n) is 3.44. The minimum atomic E-state index is -0.501. The maximum absolute atomic E-state index is 12.1. The third kappa shape index (κ3) is 9.22. The van der Waals surface area contributed by atoms with Crippen molar-refractivity contribution in [1.29, 1.82) is 0 Å². The maximum atomic E-state index is 12.1. The summed E-state index contributed by atoms with van der Waals surface area (Å²) in [6.07, 6.45) is 1.20. The van der Waals surface area contributed by atoms with Crippen LogP contribution in [0.5, 0.6) is 0 Å². The fraction of sp³-hybridized carbons (Fsp3) is 0.875. The summed E-state index contributed by atoms with van der Waals surface area (Å²) in [5, 5.41) is 3.01. The number of carbonyl (C=O) groups is 1. The summed E-state index contributed by atoms with van der Waals surface area (Å²) in [5.74, 6) is 0.872. The van der Waals surface area contributed by atoms with Crippen LogP contribution in [0.2, 0.25) is 0 Å². The van der Waals surface area contributed by atoms with E-state index in [1.807, 2.05) is 58.8 Å². The predicted molar refractivity (Wildman–Crippen MR) is 108 cm³/mol. The second-order valence-corrected chi connectivity index (χ2v) is 7.02. The highest BCUT2D eigenvalue weighted by Gasteiger charge is 2.30. The number of amides is 1. The van der Waals surface area contributed by atoms with Crippen molar-refractivity contribution in [1.82, 2.24) is 15.1 Å². The van der Waals surface area contributed by atoms with Crippen LogP contribution in [-0.2, 0) is 4.74 Å². The highest BCUT2D eigenvalue weighted by atomic mass is 127. The topological polar surface area (TPSA) is 57.2 Å². The normalized spacial score (nSPS) is 11.2. The third-order valence-corrected chi connectivity index (χ3v) is 3.44. The molecule has 0 aromatic heterocycles. The summed E-state index contributed by atoms with van der Waals surface area (Å²) in [7, 11) is 7.83. The Bertz CT molecular complexity index is 376. The Morgan fingerprint density at radius 3 is 1.78 bits per heavy atom. The molecule has 0 aromatic carbocycles. The Morgan fingerprint density at radius 2 is 1.48 bits per heavy atom. The Balaban J connectivity index is 0. The molecule has 0 aliphatic carbocycles. The van der Waals surface area contributed by atoms with Gasteiger partial charge in [-0.25, -0.2) is 4.79 Å². The van der Waals surface area contributed by atoms with E-state index < -0.39 is 5.60 Å². The van der Waals surface area contributed by atoms with Crippen molar-refractivity contribution >= 4 is 36.0 Å². The Labute approximate surface area is 159 Å². The Hall–Kier alpha value is -0.730. The van der Waals surface area contributed by atoms with Crippen molar-refractivity contribution in [2.24, 2.45) is 4.99 Å². The van der Waals surface area contributed by atoms with Crippen molar-refractivity contribution in [3.8, 4) is 0 Å². The van der Waals surface area contributed by atoms with Crippen LogP contribution in [0.3, 0.4) is 0 Å². The molecule has 0 aliphatic heterocycles. The minimum absolute atomic E-state index is 0. The van der Waals surface area contributed by atoms with Crippen LogP contribution in [-0.4, -0.2) is 67.7 Å². The summed E-state index contributed by atoms with van der Waals surface area (Å²) in [6.45, 7) is 10.2. The SMILES string of the molecule is CCC(CC)(CN=C(N(C)C)N(C)C)NC(=O)OC(C)(C)C.I. The molecule has 1 amide bonds. The molecule has 23 heavy (non-hydrogen) atoms. The second-order valence-electron chi connectivity index (χ2n) is 7.02. The van der Waals surface area contributed by atoms with Gasteiger partial charge in [-0.05, 0) is 33.6 Å². The van der Waals surface area contributed by atoms with E-state index in [1.54, 1.807) is 0 Å². The zero-order chi connectivity index (χ0) is 17.6. The first-order valence-electron chi connectivity index (χ1n) is 7.86. The summed E-state index contributed by atoms with van der Waals surface area (Å²) in [5.41, 5.74) is -0.890. The lowest BCUT2D eigenvalue weighted by molar-refractivity contribution is 0.0451. The van der Waals surface area contributed by atoms with Crippen molar-refractivity contribution < 1.29 is 9.53 Å². The van der Waals surface area contributed by atoms with E-state index in [2.05, 4.69) is 24.2 Å². The fourth-order valence-electron chi connectivity index (χ4n) is 2.11. The molecule has 7 heteroatoms. The number of aliphatic imine (C=N–C) groups is 1. The quantitative estimate of drug-likeness (QED) is 0.404. The molecule has 0 saturated heterocycles. The minimum Gasteiger partial charge on any atom is -0.444 e. The molecule has 6 nitrogen and oxygen atoms in total. The van der Waals surface area contributed by atoms with Gasteiger partial charge in [-0.2, -0.15) is 0 Å². The molecule has 138 valence electrons. The average molecular weight is 442 g/mol. The van der Waals surface area contributed by atoms with E-state index in [0.717, 1.165) is 18.8 Å². The molecular weight excluding hydrogens is 407 g/mol. The molecule has 0 aromatic rings. The van der Waals surface area contributed by atoms with Gasteiger partial charge in [0, 0.05) is 28.2 Å². The summed E-state index contributed by atoms with van der Waals surface area (Å²) < 4.78 is 5.38. The molecular formula is C16H35IN4O2. The number of nitrogens with one attached hydrogen (secondary N) is 1. The van der Waals surface area contributed by atoms with Crippen molar-refractivity contribution in [2.75, 3.05) is 34.7 Å². The summed E-state index contributed by atoms with van der Waals surface area (Å²) in [4.78, 5) is 20.7. The van der Waals surface area contributed by atoms with E-state index in [-0.39, 0.29) is 35.6 Å². The first kappa shape index (κ1) is 24.5. The van der Waals surface area contributed by atoms with Gasteiger partial charge < -0.3 is 19.9 Å². The largest absolute Gasteiger partial charge is 0.444 e. The standard InChI is InChI=1S/C16H34N4O2.HI/c1-10-16(11-2,18-14(21)22-15(3,4)5)12-17-13(19(6)7)20(8)9;/h10-12H2,1-9H3,(H,18,21);1H. The number of nitrogens with zero attached hydrogens (tertiary/aromatic N) is 3. The first-order chi connectivity index (χ1) is 9.96. The van der Waals surface area contributed by atoms with Crippen molar-refractivity contribution in [3.05, 3.63) is 0 Å². The van der Waals surface area contributed by atoms with Crippen LogP contribution >= 0.6 is 24.0 Å². The number of halogens is 1. The van der Waals surface area contributed by atoms with Gasteiger partial charge in [0.25, 0.3) is 0 Å². The number of hydrogen-bond donors (Lipinski definition) is 1. The van der Waals surface area contributed by atoms with E-state index in [4.69, 9.17) is 4.74 Å². The summed E-state index contributed by atoms with van der Waals surface area (Å²) in [6, 6.07) is 0. The lowest BCUT2D eigenvalue weighted by Crippen LogP contribution is -2.52. The van der Waals surface area contributed by atoms with E-state index >= 15 is 0 Å². The highest BCUT2D eigenvalue weighted by Crippen LogP contribution is 2.18. The molecule has 0 aliphatic rings. The van der Waals surface area contributed by atoms with E-state index in [1.165, 1.54) is 0 Å². The molecule has 0 rings (SSSR count). The molecule has 1 N–H and O–H groups in total. The van der Waals surface area contributed by atoms with Crippen molar-refractivity contribution in [2.45, 2.75) is 58.6 Å². The fourth-order valence-corrected chi connectivity index (χ4v) is 2.11. The van der Waals surface area contributed by atoms with Crippen LogP contribution in [0.1, 0.15) is 47.5 Å². The predicted octanol–water partition coefficient (Wildman–Crippen LogP) is 3.17. The van der Waals surface area contributed by atoms with Crippen molar-refractivity contribution in [3.63, 3.8) is 0 Å². The Morgan fingerprint density at radius 1 is 1.04 bits per heavy atom. The molecule has 0 atom stereocenters. The number of rotatable bonds is 5. The van der Waals surface area contributed by atoms with Gasteiger partial charge in [-0.15, -0.1) is 24.0 Å². The molecule has 0 saturated carbocycles. The van der Waals surface area contributed by atoms with Crippen LogP contribution in [0.15, 0.2) is 4.99 Å². The summed E-state index contributed by atoms with van der Waals surface area (Å²) >= 11 is 0. The van der Waals surface area contributed by atoms with Gasteiger partial charge >= 0.3 is 6.09 Å². The second kappa shape index (κ2) is 10.2. The van der Waals surface area contributed by atoms with Gasteiger partial charge in [-0.1, -0.05) is 13.8 Å². The van der Waals surface area contributed by atoms with Gasteiger partial charge in [0.1, 0.15) is 5.60 Å². The number of carbonyl (C=O) groups excluding carboxylic acids is 1. The monoisotopic (exact) mass is 442 g/mol. The van der Waals surface area contributed by atoms with Gasteiger partial charge in [0.2, 0.25) is 0 Å². The molecule has 0 bridgehead atoms. The van der Waals surface area contributed by atoms with Crippen LogP contribution < -0.4 is 5.32 Å². The molecule has 0 fully saturated rings. The van der Waals surface area contributed by atoms with Gasteiger partial charge in [0.05, 0.1) is 12.1 Å². The van der Waals surface area contributed by atoms with Crippen LogP contribution in [0.4, 0.5) is 4.79 Å². The Kier molecular flexibility index (Phi) is 10.9. The molecule has 0 heterocycles. The van der Waals surface area contributed by atoms with Crippen LogP contribution in [0, 0.1) is 0 Å². The lowest BCUT2D eigenvalue weighted by atomic mass is 9.93. The molecule has 0 radical (unpaired) electrons. The zero-order valence-electron chi connectivity index (χ0n) is 16.2. The average Bonchev–Trinajstić information content (AvgIpc) is 2.34. The maximum Gasteiger partial charge on any atom is 0.408 e. The molecule has 0 unspecified atom stereocenters. The number of guanidine groups is 1. The van der Waals surface area contributed by atoms with Crippen LogP contribution in [0.25, 0.3) is 0 Å². The number of ether oxygens (including phenoxy) is 1. The highest BCUT2D eigenvalue weighted by molar-refractivity contribution is 14.0. The first-order valence-corrected chi connectivity index (χ1v) is 7.86. The smallest absolute Gasteiger partial charge is 0.408 e. The zero-order valence-corrected chi connectivity index (χ0v) is 18.5. The molecule has 0 spiro atoms. The number of alkyl carbamates (subject to hydrolysis) is 1. The van der Waals surface area contributed by atoms with E-state index in [9.17, 15) is 4.79 Å². The number of hydrogen-bond acceptors (Lipinski definition) is 3. The van der Waals surface area contributed by atoms with Gasteiger partial charge in [-0.3, -0.25) is 4.99 Å².